The molecule has 1 aliphatic heterocycles. The molecule has 74 valence electrons. The Labute approximate surface area is 87.2 Å². The first-order chi connectivity index (χ1) is 6.77. The molecule has 1 aromatic rings. The van der Waals surface area contributed by atoms with Crippen LogP contribution in [0.3, 0.4) is 0 Å². The molecule has 1 atom stereocenters. The molecule has 2 rings (SSSR count). The highest BCUT2D eigenvalue weighted by Crippen LogP contribution is 2.19. The fourth-order valence-electron chi connectivity index (χ4n) is 1.26. The number of amides is 1. The van der Waals surface area contributed by atoms with E-state index in [0.717, 1.165) is 5.69 Å². The van der Waals surface area contributed by atoms with E-state index in [4.69, 9.17) is 16.3 Å². The quantitative estimate of drug-likeness (QED) is 0.437. The summed E-state index contributed by atoms with van der Waals surface area (Å²) in [6, 6.07) is 9.34. The molecular weight excluding hydrogens is 202 g/mol. The van der Waals surface area contributed by atoms with Crippen LogP contribution in [0.25, 0.3) is 0 Å². The van der Waals surface area contributed by atoms with Crippen LogP contribution in [-0.4, -0.2) is 24.6 Å². The average Bonchev–Trinajstić information content (AvgIpc) is 2.99. The van der Waals surface area contributed by atoms with Gasteiger partial charge in [0.05, 0.1) is 19.3 Å². The van der Waals surface area contributed by atoms with Crippen LogP contribution in [0.2, 0.25) is 0 Å². The summed E-state index contributed by atoms with van der Waals surface area (Å²) in [7, 11) is 0. The molecule has 1 aliphatic rings. The number of nitrogens with zero attached hydrogens (tertiary/aromatic N) is 1. The van der Waals surface area contributed by atoms with E-state index in [1.54, 1.807) is 0 Å². The average molecular weight is 212 g/mol. The van der Waals surface area contributed by atoms with Crippen LogP contribution in [0.4, 0.5) is 10.5 Å². The summed E-state index contributed by atoms with van der Waals surface area (Å²) in [5.74, 6) is 0. The molecule has 0 radical (unpaired) electrons. The standard InChI is InChI=1S/C10H10ClNO2/c11-10(13)12(6-9-7-14-9)8-4-2-1-3-5-8/h1-5,9H,6-7H2. The van der Waals surface area contributed by atoms with Gasteiger partial charge in [0.2, 0.25) is 0 Å². The van der Waals surface area contributed by atoms with Gasteiger partial charge in [-0.05, 0) is 23.7 Å². The van der Waals surface area contributed by atoms with Crippen LogP contribution in [0.1, 0.15) is 0 Å². The second-order valence-corrected chi connectivity index (χ2v) is 3.48. The predicted octanol–water partition coefficient (Wildman–Crippen LogP) is 2.25. The minimum Gasteiger partial charge on any atom is -0.371 e. The summed E-state index contributed by atoms with van der Waals surface area (Å²) < 4.78 is 5.06. The largest absolute Gasteiger partial charge is 0.371 e. The Balaban J connectivity index is 2.13. The highest BCUT2D eigenvalue weighted by Gasteiger charge is 2.27. The molecule has 0 bridgehead atoms. The maximum atomic E-state index is 11.1. The number of rotatable bonds is 3. The molecule has 1 fully saturated rings. The summed E-state index contributed by atoms with van der Waals surface area (Å²) in [6.07, 6.45) is 0.151. The molecule has 0 aliphatic carbocycles. The van der Waals surface area contributed by atoms with Gasteiger partial charge in [0.1, 0.15) is 0 Å². The molecule has 1 saturated heterocycles. The van der Waals surface area contributed by atoms with E-state index in [1.165, 1.54) is 4.90 Å². The predicted molar refractivity (Wildman–Crippen MR) is 54.8 cm³/mol. The molecule has 0 N–H and O–H groups in total. The van der Waals surface area contributed by atoms with Crippen LogP contribution >= 0.6 is 11.6 Å². The van der Waals surface area contributed by atoms with Crippen molar-refractivity contribution >= 4 is 22.7 Å². The van der Waals surface area contributed by atoms with Crippen molar-refractivity contribution in [3.05, 3.63) is 30.3 Å². The van der Waals surface area contributed by atoms with E-state index in [9.17, 15) is 4.79 Å². The summed E-state index contributed by atoms with van der Waals surface area (Å²) >= 11 is 5.48. The van der Waals surface area contributed by atoms with Crippen molar-refractivity contribution in [3.8, 4) is 0 Å². The molecule has 0 aromatic heterocycles. The van der Waals surface area contributed by atoms with Crippen LogP contribution in [0.5, 0.6) is 0 Å². The maximum absolute atomic E-state index is 11.1. The summed E-state index contributed by atoms with van der Waals surface area (Å²) in [5, 5.41) is -0.466. The van der Waals surface area contributed by atoms with Gasteiger partial charge in [-0.2, -0.15) is 0 Å². The van der Waals surface area contributed by atoms with E-state index in [2.05, 4.69) is 0 Å². The third kappa shape index (κ3) is 2.25. The first-order valence-electron chi connectivity index (χ1n) is 4.41. The lowest BCUT2D eigenvalue weighted by atomic mass is 10.3. The maximum Gasteiger partial charge on any atom is 0.320 e. The van der Waals surface area contributed by atoms with Crippen molar-refractivity contribution in [2.24, 2.45) is 0 Å². The zero-order chi connectivity index (χ0) is 9.97. The number of carbonyl (C=O) groups excluding carboxylic acids is 1. The third-order valence-electron chi connectivity index (χ3n) is 2.07. The van der Waals surface area contributed by atoms with Gasteiger partial charge in [-0.15, -0.1) is 0 Å². The van der Waals surface area contributed by atoms with E-state index in [1.807, 2.05) is 30.3 Å². The summed E-state index contributed by atoms with van der Waals surface area (Å²) in [5.41, 5.74) is 0.808. The second-order valence-electron chi connectivity index (χ2n) is 3.15. The second kappa shape index (κ2) is 3.98. The number of carbonyl (C=O) groups is 1. The van der Waals surface area contributed by atoms with Crippen molar-refractivity contribution in [2.75, 3.05) is 18.1 Å². The summed E-state index contributed by atoms with van der Waals surface area (Å²) in [6.45, 7) is 1.25. The molecule has 1 aromatic carbocycles. The summed E-state index contributed by atoms with van der Waals surface area (Å²) in [4.78, 5) is 12.7. The van der Waals surface area contributed by atoms with Gasteiger partial charge in [-0.25, -0.2) is 0 Å². The normalized spacial score (nSPS) is 19.1. The van der Waals surface area contributed by atoms with Crippen molar-refractivity contribution < 1.29 is 9.53 Å². The third-order valence-corrected chi connectivity index (χ3v) is 2.27. The molecule has 1 unspecified atom stereocenters. The van der Waals surface area contributed by atoms with E-state index < -0.39 is 5.37 Å². The number of epoxide rings is 1. The Hall–Kier alpha value is -1.06. The van der Waals surface area contributed by atoms with Gasteiger partial charge in [0, 0.05) is 5.69 Å². The lowest BCUT2D eigenvalue weighted by molar-refractivity contribution is 0.263. The number of hydrogen-bond donors (Lipinski definition) is 0. The fraction of sp³-hybridized carbons (Fsp3) is 0.300. The van der Waals surface area contributed by atoms with Gasteiger partial charge < -0.3 is 4.74 Å². The molecule has 0 spiro atoms. The van der Waals surface area contributed by atoms with Crippen LogP contribution < -0.4 is 4.90 Å². The van der Waals surface area contributed by atoms with Crippen LogP contribution in [0.15, 0.2) is 30.3 Å². The first-order valence-corrected chi connectivity index (χ1v) is 4.79. The Bertz CT molecular complexity index is 324. The van der Waals surface area contributed by atoms with Crippen molar-refractivity contribution in [1.29, 1.82) is 0 Å². The minimum absolute atomic E-state index is 0.151. The van der Waals surface area contributed by atoms with E-state index in [0.29, 0.717) is 13.2 Å². The number of benzene rings is 1. The number of ether oxygens (including phenoxy) is 1. The zero-order valence-electron chi connectivity index (χ0n) is 7.52. The Morgan fingerprint density at radius 1 is 1.50 bits per heavy atom. The van der Waals surface area contributed by atoms with Crippen molar-refractivity contribution in [1.82, 2.24) is 0 Å². The van der Waals surface area contributed by atoms with E-state index in [-0.39, 0.29) is 6.10 Å². The number of para-hydroxylation sites is 1. The van der Waals surface area contributed by atoms with Crippen molar-refractivity contribution in [2.45, 2.75) is 6.10 Å². The number of halogens is 1. The van der Waals surface area contributed by atoms with Gasteiger partial charge in [-0.1, -0.05) is 18.2 Å². The number of anilines is 1. The molecule has 14 heavy (non-hydrogen) atoms. The highest BCUT2D eigenvalue weighted by atomic mass is 35.5. The van der Waals surface area contributed by atoms with Gasteiger partial charge in [0.25, 0.3) is 0 Å². The van der Waals surface area contributed by atoms with E-state index >= 15 is 0 Å². The topological polar surface area (TPSA) is 32.8 Å². The SMILES string of the molecule is O=C(Cl)N(CC1CO1)c1ccccc1. The van der Waals surface area contributed by atoms with Crippen LogP contribution in [-0.2, 0) is 4.74 Å². The molecule has 1 heterocycles. The smallest absolute Gasteiger partial charge is 0.320 e. The molecule has 3 nitrogen and oxygen atoms in total. The highest BCUT2D eigenvalue weighted by molar-refractivity contribution is 6.66. The molecule has 4 heteroatoms. The van der Waals surface area contributed by atoms with Crippen molar-refractivity contribution in [3.63, 3.8) is 0 Å². The Kier molecular flexibility index (Phi) is 2.70. The van der Waals surface area contributed by atoms with Crippen LogP contribution in [0, 0.1) is 0 Å². The lowest BCUT2D eigenvalue weighted by Gasteiger charge is -2.18. The molecule has 1 amide bonds. The van der Waals surface area contributed by atoms with Gasteiger partial charge >= 0.3 is 5.37 Å². The zero-order valence-corrected chi connectivity index (χ0v) is 8.28. The fourth-order valence-corrected chi connectivity index (χ4v) is 1.43. The lowest BCUT2D eigenvalue weighted by Crippen LogP contribution is -2.29. The molecular formula is C10H10ClNO2. The van der Waals surface area contributed by atoms with Gasteiger partial charge in [0.15, 0.2) is 0 Å². The Morgan fingerprint density at radius 3 is 2.64 bits per heavy atom. The minimum atomic E-state index is -0.466. The monoisotopic (exact) mass is 211 g/mol. The molecule has 0 saturated carbocycles. The van der Waals surface area contributed by atoms with Gasteiger partial charge in [-0.3, -0.25) is 9.69 Å². The first kappa shape index (κ1) is 9.49. The number of hydrogen-bond acceptors (Lipinski definition) is 2. The Morgan fingerprint density at radius 2 is 2.14 bits per heavy atom.